The number of benzene rings is 4. The lowest BCUT2D eigenvalue weighted by Crippen LogP contribution is -2.55. The van der Waals surface area contributed by atoms with Crippen LogP contribution < -0.4 is 43.0 Å². The maximum atomic E-state index is 12.7. The lowest BCUT2D eigenvalue weighted by atomic mass is 9.91. The number of nitrogens with two attached hydrogens (primary N) is 1. The monoisotopic (exact) mass is 1940 g/mol. The summed E-state index contributed by atoms with van der Waals surface area (Å²) in [4.78, 5) is 123. The van der Waals surface area contributed by atoms with Crippen LogP contribution >= 0.6 is 0 Å². The average Bonchev–Trinajstić information content (AvgIpc) is 1.62. The first-order valence-corrected chi connectivity index (χ1v) is 46.6. The number of rotatable bonds is 58. The van der Waals surface area contributed by atoms with Gasteiger partial charge in [-0.1, -0.05) is 118 Å². The molecular weight excluding hydrogens is 1790 g/mol. The number of aliphatic hydroxyl groups is 6. The number of amides is 7. The highest BCUT2D eigenvalue weighted by Gasteiger charge is 2.46. The standard InChI is InChI=1S/2C38H53N3O12.C20H38N2O9/c2*1-23-32(53-37(48-4)35(45)34(23)44)21-51-22-33(43)39-15-17-50-19-18-49-16-9-14-31(42)24(2)40-36(46)25(3)41-38(47)52-20-30-28-12-7-5-10-26(28)27-11-6-8-13-29(27)30;1-13-16(31-20(27-3)19(26)18(13)25)11-30-12-17(24)22-6-8-29-10-9-28-7-4-5-15(23)14(2)21/h2*5-8,10-13,23-25,30,32,34-35,37,44-45H,9,14-22H2,1-4H3,(H,39,43)(H,40,46)(H,41,47);13-14,16,18-20,25-26H,4-12,21H2,1-3H3,(H,22,24)/t2*23-,24?,25?,32?,34+,35?,37-;13-,14?,16?,18+,19?,20-/m111/s1. The van der Waals surface area contributed by atoms with E-state index in [1.807, 2.05) is 72.8 Å². The molecule has 0 bridgehead atoms. The number of methoxy groups -OCH3 is 3. The molecule has 0 radical (unpaired) electrons. The molecular formula is C96H144N8O33. The summed E-state index contributed by atoms with van der Waals surface area (Å²) in [6, 6.07) is 28.3. The first kappa shape index (κ1) is 115. The molecule has 9 rings (SSSR count). The first-order chi connectivity index (χ1) is 65.8. The Balaban J connectivity index is 0.000000291. The molecule has 41 nitrogen and oxygen atoms in total. The van der Waals surface area contributed by atoms with E-state index in [-0.39, 0.29) is 145 Å². The molecule has 3 fully saturated rings. The topological polar surface area (TPSA) is 559 Å². The molecule has 2 aliphatic carbocycles. The molecule has 7 amide bonds. The molecule has 0 aromatic heterocycles. The van der Waals surface area contributed by atoms with E-state index in [4.69, 9.17) is 86.3 Å². The fraction of sp³-hybridized carbons (Fsp3) is 0.646. The third kappa shape index (κ3) is 38.1. The Kier molecular flexibility index (Phi) is 52.1. The summed E-state index contributed by atoms with van der Waals surface area (Å²) < 4.78 is 91.7. The highest BCUT2D eigenvalue weighted by atomic mass is 16.7. The van der Waals surface area contributed by atoms with Gasteiger partial charge >= 0.3 is 12.2 Å². The lowest BCUT2D eigenvalue weighted by Gasteiger charge is -2.40. The van der Waals surface area contributed by atoms with Crippen LogP contribution in [0.25, 0.3) is 22.3 Å². The summed E-state index contributed by atoms with van der Waals surface area (Å²) >= 11 is 0. The van der Waals surface area contributed by atoms with E-state index in [1.165, 1.54) is 35.2 Å². The van der Waals surface area contributed by atoms with Gasteiger partial charge in [0.15, 0.2) is 30.4 Å². The van der Waals surface area contributed by atoms with E-state index >= 15 is 0 Å². The van der Waals surface area contributed by atoms with Crippen LogP contribution in [0.2, 0.25) is 0 Å². The number of aliphatic hydroxyl groups excluding tert-OH is 6. The molecule has 3 heterocycles. The van der Waals surface area contributed by atoms with Crippen molar-refractivity contribution < 1.29 is 159 Å². The molecule has 4 aromatic rings. The van der Waals surface area contributed by atoms with E-state index in [2.05, 4.69) is 61.5 Å². The largest absolute Gasteiger partial charge is 0.449 e. The minimum Gasteiger partial charge on any atom is -0.449 e. The van der Waals surface area contributed by atoms with Crippen molar-refractivity contribution in [3.05, 3.63) is 119 Å². The third-order valence-corrected chi connectivity index (χ3v) is 23.7. The van der Waals surface area contributed by atoms with Gasteiger partial charge in [0.25, 0.3) is 0 Å². The Bertz CT molecular complexity index is 4010. The summed E-state index contributed by atoms with van der Waals surface area (Å²) in [5.74, 6) is -3.66. The zero-order chi connectivity index (χ0) is 99.9. The Labute approximate surface area is 799 Å². The van der Waals surface area contributed by atoms with Gasteiger partial charge in [0, 0.05) is 110 Å². The second kappa shape index (κ2) is 62.2. The van der Waals surface area contributed by atoms with Gasteiger partial charge < -0.3 is 154 Å². The Morgan fingerprint density at radius 1 is 0.336 bits per heavy atom. The quantitative estimate of drug-likeness (QED) is 0.0281. The molecule has 5 aliphatic rings. The molecule has 41 heteroatoms. The molecule has 20 atom stereocenters. The minimum absolute atomic E-state index is 0.0240. The van der Waals surface area contributed by atoms with Crippen molar-refractivity contribution in [2.75, 3.05) is 173 Å². The average molecular weight is 1940 g/mol. The first-order valence-electron chi connectivity index (χ1n) is 46.6. The van der Waals surface area contributed by atoms with Gasteiger partial charge in [-0.15, -0.1) is 0 Å². The van der Waals surface area contributed by atoms with Crippen LogP contribution in [0.1, 0.15) is 128 Å². The smallest absolute Gasteiger partial charge is 0.407 e. The number of alkyl carbamates (subject to hydrolysis) is 2. The highest BCUT2D eigenvalue weighted by Crippen LogP contribution is 2.46. The van der Waals surface area contributed by atoms with Crippen LogP contribution in [0.4, 0.5) is 9.59 Å². The number of hydrogen-bond acceptors (Lipinski definition) is 34. The number of ketones is 3. The van der Waals surface area contributed by atoms with E-state index in [9.17, 15) is 78.6 Å². The predicted octanol–water partition coefficient (Wildman–Crippen LogP) is 1.90. The molecule has 0 saturated carbocycles. The molecule has 4 aromatic carbocycles. The highest BCUT2D eigenvalue weighted by molar-refractivity contribution is 5.93. The van der Waals surface area contributed by atoms with Gasteiger partial charge in [-0.2, -0.15) is 0 Å². The van der Waals surface area contributed by atoms with Gasteiger partial charge in [-0.05, 0) is 98.4 Å². The third-order valence-electron chi connectivity index (χ3n) is 23.7. The molecule has 3 aliphatic heterocycles. The van der Waals surface area contributed by atoms with Crippen molar-refractivity contribution >= 4 is 59.1 Å². The van der Waals surface area contributed by atoms with Crippen LogP contribution in [0.5, 0.6) is 0 Å². The SMILES string of the molecule is CO[C@@H]1OC(COCC(=O)NCCOCCOCCCC(=O)C(C)N)[C@@H](C)[C@H](O)C1O.CO[C@@H]1OC(COCC(=O)NCCOCCOCCCC(=O)C(C)NC(=O)C(C)NC(=O)OCC2c3ccccc3-c3ccccc32)[C@@H](C)[C@H](O)C1O.CO[C@@H]1OC(COCC(=O)NCCOCCOCCCC(=O)C(C)NC(=O)C(C)NC(=O)OCC2c3ccccc3-c3ccccc32)[C@@H](C)[C@H](O)C1O. The molecule has 3 saturated heterocycles. The Hall–Kier alpha value is -9.10. The summed E-state index contributed by atoms with van der Waals surface area (Å²) in [6.45, 7) is 17.8. The second-order valence-corrected chi connectivity index (χ2v) is 34.0. The number of carbonyl (C=O) groups is 10. The van der Waals surface area contributed by atoms with Crippen LogP contribution in [-0.2, 0) is 119 Å². The second-order valence-electron chi connectivity index (χ2n) is 34.0. The van der Waals surface area contributed by atoms with Gasteiger partial charge in [0.1, 0.15) is 69.2 Å². The van der Waals surface area contributed by atoms with Gasteiger partial charge in [0.2, 0.25) is 29.5 Å². The minimum atomic E-state index is -1.16. The van der Waals surface area contributed by atoms with Crippen molar-refractivity contribution in [2.45, 2.75) is 210 Å². The van der Waals surface area contributed by atoms with E-state index in [1.54, 1.807) is 41.5 Å². The fourth-order valence-corrected chi connectivity index (χ4v) is 15.4. The van der Waals surface area contributed by atoms with Crippen LogP contribution in [0, 0.1) is 17.8 Å². The number of ether oxygens (including phenoxy) is 17. The van der Waals surface area contributed by atoms with E-state index in [0.717, 1.165) is 44.5 Å². The molecule has 15 N–H and O–H groups in total. The van der Waals surface area contributed by atoms with Crippen molar-refractivity contribution in [2.24, 2.45) is 23.5 Å². The van der Waals surface area contributed by atoms with Gasteiger partial charge in [-0.25, -0.2) is 9.59 Å². The van der Waals surface area contributed by atoms with Crippen molar-refractivity contribution in [3.63, 3.8) is 0 Å². The zero-order valence-corrected chi connectivity index (χ0v) is 80.2. The maximum Gasteiger partial charge on any atom is 0.407 e. The van der Waals surface area contributed by atoms with Crippen molar-refractivity contribution in [3.8, 4) is 22.3 Å². The maximum absolute atomic E-state index is 12.7. The summed E-state index contributed by atoms with van der Waals surface area (Å²) in [5, 5.41) is 78.5. The van der Waals surface area contributed by atoms with Crippen LogP contribution in [-0.4, -0.2) is 367 Å². The van der Waals surface area contributed by atoms with Crippen LogP contribution in [0.15, 0.2) is 97.1 Å². The number of hydrogen-bond donors (Lipinski definition) is 14. The zero-order valence-electron chi connectivity index (χ0n) is 80.2. The normalized spacial score (nSPS) is 23.1. The van der Waals surface area contributed by atoms with Crippen LogP contribution in [0.3, 0.4) is 0 Å². The summed E-state index contributed by atoms with van der Waals surface area (Å²) in [6.07, 6.45) is -10.1. The molecule has 11 unspecified atom stereocenters. The predicted molar refractivity (Wildman–Crippen MR) is 494 cm³/mol. The number of fused-ring (bicyclic) bond motifs is 6. The number of carbonyl (C=O) groups excluding carboxylic acids is 10. The molecule has 766 valence electrons. The Morgan fingerprint density at radius 2 is 0.599 bits per heavy atom. The fourth-order valence-electron chi connectivity index (χ4n) is 15.4. The van der Waals surface area contributed by atoms with Crippen molar-refractivity contribution in [1.29, 1.82) is 0 Å². The van der Waals surface area contributed by atoms with Crippen molar-refractivity contribution in [1.82, 2.24) is 37.2 Å². The number of Topliss-reactive ketones (excluding diaryl/α,β-unsaturated/α-hetero) is 3. The van der Waals surface area contributed by atoms with E-state index in [0.29, 0.717) is 98.3 Å². The molecule has 0 spiro atoms. The number of nitrogens with one attached hydrogen (secondary N) is 7. The van der Waals surface area contributed by atoms with E-state index < -0.39 is 140 Å². The van der Waals surface area contributed by atoms with Gasteiger partial charge in [0.05, 0.1) is 134 Å². The molecule has 137 heavy (non-hydrogen) atoms. The lowest BCUT2D eigenvalue weighted by molar-refractivity contribution is -0.282. The Morgan fingerprint density at radius 3 is 0.869 bits per heavy atom. The van der Waals surface area contributed by atoms with Gasteiger partial charge in [-0.3, -0.25) is 38.4 Å². The summed E-state index contributed by atoms with van der Waals surface area (Å²) in [5.41, 5.74) is 14.3. The summed E-state index contributed by atoms with van der Waals surface area (Å²) in [7, 11) is 4.11.